The van der Waals surface area contributed by atoms with Gasteiger partial charge in [0.2, 0.25) is 0 Å². The van der Waals surface area contributed by atoms with E-state index in [-0.39, 0.29) is 15.9 Å². The third-order valence-electron chi connectivity index (χ3n) is 6.48. The average molecular weight is 482 g/mol. The third kappa shape index (κ3) is 4.68. The van der Waals surface area contributed by atoms with E-state index in [4.69, 9.17) is 9.47 Å². The SMILES string of the molecule is CC(COc1ccc(C2Oc3ccc(O)c(F)c3SC2c2cccc(O)c2)cc1)N1CCCC1. The van der Waals surface area contributed by atoms with E-state index in [2.05, 4.69) is 11.8 Å². The summed E-state index contributed by atoms with van der Waals surface area (Å²) >= 11 is 1.29. The molecule has 34 heavy (non-hydrogen) atoms. The minimum Gasteiger partial charge on any atom is -0.508 e. The number of hydrogen-bond acceptors (Lipinski definition) is 6. The van der Waals surface area contributed by atoms with Crippen molar-refractivity contribution in [1.29, 1.82) is 0 Å². The topological polar surface area (TPSA) is 62.2 Å². The van der Waals surface area contributed by atoms with Gasteiger partial charge in [0.1, 0.15) is 30.0 Å². The first kappa shape index (κ1) is 22.9. The quantitative estimate of drug-likeness (QED) is 0.446. The van der Waals surface area contributed by atoms with E-state index < -0.39 is 17.7 Å². The third-order valence-corrected chi connectivity index (χ3v) is 7.87. The van der Waals surface area contributed by atoms with Crippen LogP contribution in [0.4, 0.5) is 4.39 Å². The van der Waals surface area contributed by atoms with Crippen LogP contribution in [0.2, 0.25) is 0 Å². The Morgan fingerprint density at radius 2 is 1.82 bits per heavy atom. The molecule has 2 aliphatic rings. The summed E-state index contributed by atoms with van der Waals surface area (Å²) < 4.78 is 27.0. The smallest absolute Gasteiger partial charge is 0.182 e. The molecule has 0 saturated carbocycles. The molecule has 0 radical (unpaired) electrons. The Labute approximate surface area is 203 Å². The molecule has 0 spiro atoms. The number of halogens is 1. The second-order valence-corrected chi connectivity index (χ2v) is 10.0. The molecule has 3 unspecified atom stereocenters. The number of hydrogen-bond donors (Lipinski definition) is 2. The van der Waals surface area contributed by atoms with Crippen molar-refractivity contribution in [2.75, 3.05) is 19.7 Å². The van der Waals surface area contributed by atoms with E-state index in [1.807, 2.05) is 30.3 Å². The van der Waals surface area contributed by atoms with E-state index in [0.29, 0.717) is 18.4 Å². The molecule has 5 nitrogen and oxygen atoms in total. The Hall–Kier alpha value is -2.90. The van der Waals surface area contributed by atoms with Crippen molar-refractivity contribution >= 4 is 11.8 Å². The van der Waals surface area contributed by atoms with Crippen LogP contribution in [0, 0.1) is 5.82 Å². The number of phenols is 2. The van der Waals surface area contributed by atoms with Crippen LogP contribution in [-0.4, -0.2) is 40.9 Å². The van der Waals surface area contributed by atoms with Gasteiger partial charge in [0, 0.05) is 6.04 Å². The zero-order valence-corrected chi connectivity index (χ0v) is 19.8. The van der Waals surface area contributed by atoms with Gasteiger partial charge in [-0.1, -0.05) is 24.3 Å². The second kappa shape index (κ2) is 9.76. The van der Waals surface area contributed by atoms with Crippen LogP contribution in [0.15, 0.2) is 65.6 Å². The molecule has 178 valence electrons. The van der Waals surface area contributed by atoms with E-state index in [1.165, 1.54) is 30.7 Å². The number of ether oxygens (including phenoxy) is 2. The number of benzene rings is 3. The molecular formula is C27H28FNO4S. The van der Waals surface area contributed by atoms with Gasteiger partial charge in [0.15, 0.2) is 11.6 Å². The number of thioether (sulfide) groups is 1. The van der Waals surface area contributed by atoms with E-state index in [0.717, 1.165) is 30.0 Å². The van der Waals surface area contributed by atoms with Crippen molar-refractivity contribution in [3.63, 3.8) is 0 Å². The molecule has 7 heteroatoms. The zero-order chi connectivity index (χ0) is 23.7. The Kier molecular flexibility index (Phi) is 6.57. The molecule has 3 aromatic carbocycles. The van der Waals surface area contributed by atoms with Crippen LogP contribution in [0.3, 0.4) is 0 Å². The predicted octanol–water partition coefficient (Wildman–Crippen LogP) is 6.07. The number of fused-ring (bicyclic) bond motifs is 1. The summed E-state index contributed by atoms with van der Waals surface area (Å²) in [6.45, 7) is 5.10. The highest BCUT2D eigenvalue weighted by Gasteiger charge is 2.36. The number of phenolic OH excluding ortho intramolecular Hbond substituents is 2. The van der Waals surface area contributed by atoms with Gasteiger partial charge in [0.25, 0.3) is 0 Å². The maximum atomic E-state index is 14.7. The molecule has 0 aliphatic carbocycles. The fourth-order valence-electron chi connectivity index (χ4n) is 4.56. The first-order valence-corrected chi connectivity index (χ1v) is 12.5. The van der Waals surface area contributed by atoms with Crippen LogP contribution in [0.25, 0.3) is 0 Å². The summed E-state index contributed by atoms with van der Waals surface area (Å²) in [5.41, 5.74) is 1.73. The minimum absolute atomic E-state index is 0.134. The standard InChI is InChI=1S/C27H28FNO4S/c1-17(29-13-2-3-14-29)16-32-21-9-7-18(8-10-21)25-26(19-5-4-6-20(30)15-19)34-27-23(33-25)12-11-22(31)24(27)28/h4-12,15,17,25-26,30-31H,2-3,13-14,16H2,1H3. The van der Waals surface area contributed by atoms with Gasteiger partial charge in [0.05, 0.1) is 10.1 Å². The van der Waals surface area contributed by atoms with Gasteiger partial charge in [-0.2, -0.15) is 0 Å². The summed E-state index contributed by atoms with van der Waals surface area (Å²) in [5.74, 6) is 0.217. The van der Waals surface area contributed by atoms with E-state index in [9.17, 15) is 14.6 Å². The van der Waals surface area contributed by atoms with Gasteiger partial charge in [-0.05, 0) is 80.4 Å². The van der Waals surface area contributed by atoms with E-state index in [1.54, 1.807) is 24.3 Å². The number of nitrogens with zero attached hydrogens (tertiary/aromatic N) is 1. The fraction of sp³-hybridized carbons (Fsp3) is 0.333. The largest absolute Gasteiger partial charge is 0.508 e. The van der Waals surface area contributed by atoms with Crippen LogP contribution in [0.1, 0.15) is 42.2 Å². The van der Waals surface area contributed by atoms with Crippen molar-refractivity contribution in [1.82, 2.24) is 4.90 Å². The minimum atomic E-state index is -0.693. The number of likely N-dealkylation sites (tertiary alicyclic amines) is 1. The fourth-order valence-corrected chi connectivity index (χ4v) is 5.88. The Morgan fingerprint density at radius 3 is 2.56 bits per heavy atom. The molecule has 1 saturated heterocycles. The van der Waals surface area contributed by atoms with Gasteiger partial charge < -0.3 is 19.7 Å². The lowest BCUT2D eigenvalue weighted by Gasteiger charge is -2.34. The molecule has 5 rings (SSSR count). The van der Waals surface area contributed by atoms with E-state index >= 15 is 0 Å². The van der Waals surface area contributed by atoms with Crippen LogP contribution >= 0.6 is 11.8 Å². The van der Waals surface area contributed by atoms with Crippen molar-refractivity contribution in [2.24, 2.45) is 0 Å². The molecule has 3 aromatic rings. The maximum Gasteiger partial charge on any atom is 0.182 e. The molecule has 1 fully saturated rings. The lowest BCUT2D eigenvalue weighted by molar-refractivity contribution is 0.172. The first-order chi connectivity index (χ1) is 16.5. The summed E-state index contributed by atoms with van der Waals surface area (Å²) in [6, 6.07) is 18.0. The monoisotopic (exact) mass is 481 g/mol. The van der Waals surface area contributed by atoms with Crippen LogP contribution < -0.4 is 9.47 Å². The van der Waals surface area contributed by atoms with Crippen LogP contribution in [0.5, 0.6) is 23.0 Å². The number of rotatable bonds is 6. The highest BCUT2D eigenvalue weighted by Crippen LogP contribution is 2.55. The summed E-state index contributed by atoms with van der Waals surface area (Å²) in [6.07, 6.45) is 2.09. The van der Waals surface area contributed by atoms with Gasteiger partial charge in [-0.25, -0.2) is 4.39 Å². The first-order valence-electron chi connectivity index (χ1n) is 11.6. The maximum absolute atomic E-state index is 14.7. The Bertz CT molecular complexity index is 1150. The summed E-state index contributed by atoms with van der Waals surface area (Å²) in [4.78, 5) is 2.72. The lowest BCUT2D eigenvalue weighted by atomic mass is 9.99. The van der Waals surface area contributed by atoms with Crippen molar-refractivity contribution in [2.45, 2.75) is 42.1 Å². The van der Waals surface area contributed by atoms with Gasteiger partial charge in [-0.15, -0.1) is 11.8 Å². The average Bonchev–Trinajstić information content (AvgIpc) is 3.40. The lowest BCUT2D eigenvalue weighted by Crippen LogP contribution is -2.34. The van der Waals surface area contributed by atoms with Crippen LogP contribution in [-0.2, 0) is 0 Å². The summed E-state index contributed by atoms with van der Waals surface area (Å²) in [5, 5.41) is 19.6. The summed E-state index contributed by atoms with van der Waals surface area (Å²) in [7, 11) is 0. The molecule has 3 atom stereocenters. The zero-order valence-electron chi connectivity index (χ0n) is 19.0. The van der Waals surface area contributed by atoms with Gasteiger partial charge >= 0.3 is 0 Å². The highest BCUT2D eigenvalue weighted by molar-refractivity contribution is 7.99. The molecule has 2 heterocycles. The highest BCUT2D eigenvalue weighted by atomic mass is 32.2. The molecule has 2 aliphatic heterocycles. The van der Waals surface area contributed by atoms with Crippen molar-refractivity contribution in [3.05, 3.63) is 77.6 Å². The molecular weight excluding hydrogens is 453 g/mol. The van der Waals surface area contributed by atoms with Crippen molar-refractivity contribution in [3.8, 4) is 23.0 Å². The normalized spacial score (nSPS) is 21.0. The number of aromatic hydroxyl groups is 2. The van der Waals surface area contributed by atoms with Crippen molar-refractivity contribution < 1.29 is 24.1 Å². The molecule has 0 aromatic heterocycles. The molecule has 0 bridgehead atoms. The van der Waals surface area contributed by atoms with Gasteiger partial charge in [-0.3, -0.25) is 4.90 Å². The Morgan fingerprint density at radius 1 is 1.06 bits per heavy atom. The predicted molar refractivity (Wildman–Crippen MR) is 130 cm³/mol. The Balaban J connectivity index is 1.39. The molecule has 2 N–H and O–H groups in total. The molecule has 0 amide bonds. The second-order valence-electron chi connectivity index (χ2n) is 8.87.